The number of carbonyl (C=O) groups is 1. The largest absolute Gasteiger partial charge is 0.394 e. The molecule has 5 nitrogen and oxygen atoms in total. The second-order valence-corrected chi connectivity index (χ2v) is 3.38. The van der Waals surface area contributed by atoms with Gasteiger partial charge in [0.05, 0.1) is 18.8 Å². The first kappa shape index (κ1) is 10.7. The Balaban J connectivity index is 2.56. The maximum absolute atomic E-state index is 11.4. The number of aliphatic hydroxyl groups is 1. The average molecular weight is 198 g/mol. The first-order valence-electron chi connectivity index (χ1n) is 4.47. The minimum absolute atomic E-state index is 0.0858. The molecule has 0 saturated carbocycles. The monoisotopic (exact) mass is 198 g/mol. The second kappa shape index (κ2) is 4.76. The molecule has 1 aromatic rings. The third-order valence-electron chi connectivity index (χ3n) is 1.98. The third-order valence-corrected chi connectivity index (χ3v) is 1.98. The first-order valence-corrected chi connectivity index (χ1v) is 4.47. The number of carbonyl (C=O) groups excluding carboxylic acids is 1. The van der Waals surface area contributed by atoms with Gasteiger partial charge in [-0.2, -0.15) is 0 Å². The van der Waals surface area contributed by atoms with E-state index in [2.05, 4.69) is 15.0 Å². The summed E-state index contributed by atoms with van der Waals surface area (Å²) in [5, 5.41) is 15.1. The lowest BCUT2D eigenvalue weighted by Crippen LogP contribution is -2.40. The fraction of sp³-hybridized carbons (Fsp3) is 0.556. The van der Waals surface area contributed by atoms with Crippen LogP contribution in [-0.2, 0) is 0 Å². The average Bonchev–Trinajstić information content (AvgIpc) is 2.65. The first-order chi connectivity index (χ1) is 6.65. The number of nitrogens with zero attached hydrogens (tertiary/aromatic N) is 1. The predicted octanol–water partition coefficient (Wildman–Crippen LogP) is 0.421. The second-order valence-electron chi connectivity index (χ2n) is 3.38. The van der Waals surface area contributed by atoms with Crippen LogP contribution in [0.3, 0.4) is 0 Å². The zero-order chi connectivity index (χ0) is 10.6. The molecule has 0 spiro atoms. The minimum atomic E-state index is -0.352. The molecule has 78 valence electrons. The van der Waals surface area contributed by atoms with Gasteiger partial charge in [-0.25, -0.2) is 0 Å². The van der Waals surface area contributed by atoms with Gasteiger partial charge in [-0.3, -0.25) is 4.79 Å². The molecule has 0 aliphatic carbocycles. The summed E-state index contributed by atoms with van der Waals surface area (Å²) in [6.07, 6.45) is 1.40. The molecule has 0 aliphatic heterocycles. The van der Waals surface area contributed by atoms with Crippen LogP contribution in [0.5, 0.6) is 0 Å². The Morgan fingerprint density at radius 3 is 2.86 bits per heavy atom. The van der Waals surface area contributed by atoms with Gasteiger partial charge in [0.1, 0.15) is 0 Å². The van der Waals surface area contributed by atoms with Crippen LogP contribution in [-0.4, -0.2) is 28.8 Å². The lowest BCUT2D eigenvalue weighted by Gasteiger charge is -2.18. The van der Waals surface area contributed by atoms with Gasteiger partial charge in [-0.15, -0.1) is 0 Å². The van der Waals surface area contributed by atoms with Gasteiger partial charge in [0, 0.05) is 6.07 Å². The molecule has 2 N–H and O–H groups in total. The summed E-state index contributed by atoms with van der Waals surface area (Å²) in [6.45, 7) is 3.75. The molecule has 14 heavy (non-hydrogen) atoms. The highest BCUT2D eigenvalue weighted by molar-refractivity contribution is 5.91. The van der Waals surface area contributed by atoms with Crippen LogP contribution in [0.2, 0.25) is 0 Å². The van der Waals surface area contributed by atoms with E-state index in [0.29, 0.717) is 0 Å². The van der Waals surface area contributed by atoms with Crippen molar-refractivity contribution in [3.05, 3.63) is 18.0 Å². The Bertz CT molecular complexity index is 282. The van der Waals surface area contributed by atoms with Crippen molar-refractivity contribution in [2.75, 3.05) is 6.61 Å². The molecule has 1 aromatic heterocycles. The maximum Gasteiger partial charge on any atom is 0.290 e. The quantitative estimate of drug-likeness (QED) is 0.735. The summed E-state index contributed by atoms with van der Waals surface area (Å²) in [6, 6.07) is 1.22. The molecule has 0 radical (unpaired) electrons. The SMILES string of the molecule is CC(C)[C@@H](CO)NC(=O)c1ccno1. The number of aliphatic hydroxyl groups excluding tert-OH is 1. The number of aromatic nitrogens is 1. The van der Waals surface area contributed by atoms with E-state index in [1.807, 2.05) is 13.8 Å². The summed E-state index contributed by atoms with van der Waals surface area (Å²) >= 11 is 0. The zero-order valence-electron chi connectivity index (χ0n) is 8.23. The summed E-state index contributed by atoms with van der Waals surface area (Å²) in [7, 11) is 0. The number of nitrogens with one attached hydrogen (secondary N) is 1. The lowest BCUT2D eigenvalue weighted by molar-refractivity contribution is 0.0859. The van der Waals surface area contributed by atoms with Crippen molar-refractivity contribution in [2.24, 2.45) is 5.92 Å². The van der Waals surface area contributed by atoms with E-state index in [9.17, 15) is 4.79 Å². The fourth-order valence-electron chi connectivity index (χ4n) is 0.996. The highest BCUT2D eigenvalue weighted by Crippen LogP contribution is 2.03. The van der Waals surface area contributed by atoms with Crippen molar-refractivity contribution in [1.82, 2.24) is 10.5 Å². The normalized spacial score (nSPS) is 12.9. The standard InChI is InChI=1S/C9H14N2O3/c1-6(2)7(5-12)11-9(13)8-3-4-10-14-8/h3-4,6-7,12H,5H2,1-2H3,(H,11,13)/t7-/m1/s1. The van der Waals surface area contributed by atoms with Crippen LogP contribution >= 0.6 is 0 Å². The Labute approximate surface area is 82.1 Å². The molecule has 0 bridgehead atoms. The highest BCUT2D eigenvalue weighted by atomic mass is 16.5. The molecule has 1 atom stereocenters. The summed E-state index contributed by atoms with van der Waals surface area (Å²) < 4.78 is 4.68. The molecule has 0 fully saturated rings. The van der Waals surface area contributed by atoms with Gasteiger partial charge in [-0.1, -0.05) is 19.0 Å². The van der Waals surface area contributed by atoms with Crippen molar-refractivity contribution in [1.29, 1.82) is 0 Å². The predicted molar refractivity (Wildman–Crippen MR) is 49.7 cm³/mol. The van der Waals surface area contributed by atoms with Crippen molar-refractivity contribution < 1.29 is 14.4 Å². The van der Waals surface area contributed by atoms with Crippen LogP contribution in [0.4, 0.5) is 0 Å². The molecule has 0 unspecified atom stereocenters. The summed E-state index contributed by atoms with van der Waals surface area (Å²) in [5.74, 6) is -0.0220. The van der Waals surface area contributed by atoms with E-state index in [0.717, 1.165) is 0 Å². The molecule has 0 aliphatic rings. The molecule has 1 rings (SSSR count). The van der Waals surface area contributed by atoms with Gasteiger partial charge >= 0.3 is 0 Å². The number of rotatable bonds is 4. The summed E-state index contributed by atoms with van der Waals surface area (Å²) in [5.41, 5.74) is 0. The van der Waals surface area contributed by atoms with E-state index in [1.165, 1.54) is 12.3 Å². The molecule has 1 amide bonds. The molecule has 5 heteroatoms. The van der Waals surface area contributed by atoms with Gasteiger partial charge in [0.2, 0.25) is 5.76 Å². The smallest absolute Gasteiger partial charge is 0.290 e. The Kier molecular flexibility index (Phi) is 3.64. The Morgan fingerprint density at radius 1 is 1.71 bits per heavy atom. The highest BCUT2D eigenvalue weighted by Gasteiger charge is 2.17. The number of hydrogen-bond donors (Lipinski definition) is 2. The number of hydrogen-bond acceptors (Lipinski definition) is 4. The van der Waals surface area contributed by atoms with E-state index in [-0.39, 0.29) is 30.2 Å². The van der Waals surface area contributed by atoms with Crippen molar-refractivity contribution in [2.45, 2.75) is 19.9 Å². The minimum Gasteiger partial charge on any atom is -0.394 e. The van der Waals surface area contributed by atoms with Crippen molar-refractivity contribution in [3.8, 4) is 0 Å². The molecular weight excluding hydrogens is 184 g/mol. The zero-order valence-corrected chi connectivity index (χ0v) is 8.23. The van der Waals surface area contributed by atoms with Crippen LogP contribution in [0.15, 0.2) is 16.8 Å². The number of amides is 1. The maximum atomic E-state index is 11.4. The Hall–Kier alpha value is -1.36. The van der Waals surface area contributed by atoms with Gasteiger partial charge in [0.25, 0.3) is 5.91 Å². The lowest BCUT2D eigenvalue weighted by atomic mass is 10.1. The molecule has 1 heterocycles. The van der Waals surface area contributed by atoms with Crippen molar-refractivity contribution in [3.63, 3.8) is 0 Å². The van der Waals surface area contributed by atoms with E-state index in [1.54, 1.807) is 0 Å². The van der Waals surface area contributed by atoms with Crippen LogP contribution < -0.4 is 5.32 Å². The van der Waals surface area contributed by atoms with Crippen LogP contribution in [0.1, 0.15) is 24.4 Å². The Morgan fingerprint density at radius 2 is 2.43 bits per heavy atom. The van der Waals surface area contributed by atoms with Crippen molar-refractivity contribution >= 4 is 5.91 Å². The van der Waals surface area contributed by atoms with E-state index < -0.39 is 0 Å². The third kappa shape index (κ3) is 2.56. The summed E-state index contributed by atoms with van der Waals surface area (Å²) in [4.78, 5) is 11.4. The van der Waals surface area contributed by atoms with E-state index in [4.69, 9.17) is 5.11 Å². The van der Waals surface area contributed by atoms with Gasteiger partial charge < -0.3 is 14.9 Å². The van der Waals surface area contributed by atoms with E-state index >= 15 is 0 Å². The molecular formula is C9H14N2O3. The molecule has 0 saturated heterocycles. The van der Waals surface area contributed by atoms with Crippen LogP contribution in [0.25, 0.3) is 0 Å². The van der Waals surface area contributed by atoms with Crippen LogP contribution in [0, 0.1) is 5.92 Å². The van der Waals surface area contributed by atoms with Gasteiger partial charge in [-0.05, 0) is 5.92 Å². The topological polar surface area (TPSA) is 75.4 Å². The molecule has 0 aromatic carbocycles. The fourth-order valence-corrected chi connectivity index (χ4v) is 0.996. The van der Waals surface area contributed by atoms with Gasteiger partial charge in [0.15, 0.2) is 0 Å².